The van der Waals surface area contributed by atoms with Crippen molar-refractivity contribution in [2.75, 3.05) is 24.5 Å². The number of methoxy groups -OCH3 is 1. The molecule has 2 amide bonds. The fourth-order valence-corrected chi connectivity index (χ4v) is 6.13. The van der Waals surface area contributed by atoms with Gasteiger partial charge in [0.15, 0.2) is 0 Å². The van der Waals surface area contributed by atoms with Crippen LogP contribution in [0.3, 0.4) is 0 Å². The van der Waals surface area contributed by atoms with Crippen molar-refractivity contribution >= 4 is 44.8 Å². The number of nitrogens with one attached hydrogen (secondary N) is 1. The molecule has 0 heterocycles. The van der Waals surface area contributed by atoms with Gasteiger partial charge in [-0.25, -0.2) is 8.42 Å². The van der Waals surface area contributed by atoms with E-state index < -0.39 is 33.4 Å². The number of aryl methyl sites for hydroxylation is 1. The van der Waals surface area contributed by atoms with Crippen molar-refractivity contribution in [3.8, 4) is 5.75 Å². The third-order valence-electron chi connectivity index (χ3n) is 6.97. The maximum Gasteiger partial charge on any atom is 0.273 e. The maximum absolute atomic E-state index is 14.2. The Labute approximate surface area is 263 Å². The Morgan fingerprint density at radius 3 is 2.30 bits per heavy atom. The number of nitro benzene ring substituents is 1. The average Bonchev–Trinajstić information content (AvgIpc) is 2.99. The van der Waals surface area contributed by atoms with Crippen LogP contribution in [0, 0.1) is 23.0 Å². The second-order valence-corrected chi connectivity index (χ2v) is 12.9. The second kappa shape index (κ2) is 15.0. The monoisotopic (exact) mass is 644 g/mol. The van der Waals surface area contributed by atoms with Gasteiger partial charge in [0.25, 0.3) is 15.7 Å². The molecule has 11 nitrogen and oxygen atoms in total. The maximum atomic E-state index is 14.2. The topological polar surface area (TPSA) is 139 Å². The molecule has 1 N–H and O–H groups in total. The number of sulfonamides is 1. The second-order valence-electron chi connectivity index (χ2n) is 10.6. The van der Waals surface area contributed by atoms with Crippen molar-refractivity contribution in [3.05, 3.63) is 93.0 Å². The van der Waals surface area contributed by atoms with Gasteiger partial charge in [0.1, 0.15) is 18.3 Å². The Morgan fingerprint density at radius 2 is 1.73 bits per heavy atom. The molecule has 3 aromatic carbocycles. The summed E-state index contributed by atoms with van der Waals surface area (Å²) in [5.74, 6) is -0.429. The van der Waals surface area contributed by atoms with E-state index in [2.05, 4.69) is 5.32 Å². The van der Waals surface area contributed by atoms with Crippen LogP contribution in [0.4, 0.5) is 11.4 Å². The molecule has 0 radical (unpaired) electrons. The molecule has 0 aliphatic carbocycles. The molecular formula is C31H37ClN4O7S. The minimum absolute atomic E-state index is 0.0569. The van der Waals surface area contributed by atoms with E-state index in [1.54, 1.807) is 31.2 Å². The van der Waals surface area contributed by atoms with E-state index >= 15 is 0 Å². The zero-order chi connectivity index (χ0) is 32.6. The zero-order valence-corrected chi connectivity index (χ0v) is 26.9. The van der Waals surface area contributed by atoms with Crippen molar-refractivity contribution in [1.82, 2.24) is 10.2 Å². The number of amides is 2. The molecule has 236 valence electrons. The first-order valence-corrected chi connectivity index (χ1v) is 15.8. The summed E-state index contributed by atoms with van der Waals surface area (Å²) in [5.41, 5.74) is 0.605. The first-order valence-electron chi connectivity index (χ1n) is 14.0. The summed E-state index contributed by atoms with van der Waals surface area (Å²) in [6.07, 6.45) is 0.250. The lowest BCUT2D eigenvalue weighted by Gasteiger charge is -2.33. The number of nitro groups is 1. The van der Waals surface area contributed by atoms with Crippen LogP contribution in [0.2, 0.25) is 5.02 Å². The summed E-state index contributed by atoms with van der Waals surface area (Å²) in [5, 5.41) is 14.9. The quantitative estimate of drug-likeness (QED) is 0.185. The van der Waals surface area contributed by atoms with Crippen LogP contribution in [0.25, 0.3) is 0 Å². The van der Waals surface area contributed by atoms with E-state index in [1.165, 1.54) is 55.3 Å². The molecule has 0 unspecified atom stereocenters. The molecule has 0 aliphatic heterocycles. The fourth-order valence-electron chi connectivity index (χ4n) is 4.50. The summed E-state index contributed by atoms with van der Waals surface area (Å²) >= 11 is 6.43. The molecule has 0 aromatic heterocycles. The highest BCUT2D eigenvalue weighted by atomic mass is 35.5. The minimum atomic E-state index is -4.52. The number of benzene rings is 3. The van der Waals surface area contributed by atoms with Gasteiger partial charge >= 0.3 is 0 Å². The molecule has 0 bridgehead atoms. The van der Waals surface area contributed by atoms with Gasteiger partial charge in [-0.2, -0.15) is 0 Å². The Bertz CT molecular complexity index is 1600. The van der Waals surface area contributed by atoms with E-state index in [-0.39, 0.29) is 46.6 Å². The molecular weight excluding hydrogens is 608 g/mol. The number of carbonyl (C=O) groups is 2. The van der Waals surface area contributed by atoms with Crippen LogP contribution >= 0.6 is 11.6 Å². The van der Waals surface area contributed by atoms with Crippen LogP contribution in [0.5, 0.6) is 5.75 Å². The van der Waals surface area contributed by atoms with Gasteiger partial charge in [0.05, 0.1) is 22.6 Å². The van der Waals surface area contributed by atoms with Crippen LogP contribution in [-0.2, 0) is 26.2 Å². The molecule has 1 atom stereocenters. The Balaban J connectivity index is 2.12. The summed E-state index contributed by atoms with van der Waals surface area (Å²) in [7, 11) is -3.06. The van der Waals surface area contributed by atoms with E-state index in [0.717, 1.165) is 10.4 Å². The van der Waals surface area contributed by atoms with Gasteiger partial charge < -0.3 is 15.0 Å². The number of ether oxygens (including phenoxy) is 1. The van der Waals surface area contributed by atoms with E-state index in [0.29, 0.717) is 22.9 Å². The van der Waals surface area contributed by atoms with Crippen LogP contribution in [-0.4, -0.2) is 56.3 Å². The molecule has 0 saturated heterocycles. The normalized spacial score (nSPS) is 12.0. The lowest BCUT2D eigenvalue weighted by Crippen LogP contribution is -2.52. The van der Waals surface area contributed by atoms with Crippen LogP contribution < -0.4 is 14.4 Å². The lowest BCUT2D eigenvalue weighted by atomic mass is 10.1. The summed E-state index contributed by atoms with van der Waals surface area (Å²) in [4.78, 5) is 39.4. The Hall–Kier alpha value is -4.16. The smallest absolute Gasteiger partial charge is 0.273 e. The SMILES string of the molecule is CC[C@@H](C(=O)NCC(C)C)N(Cc1ccccc1Cl)C(=O)CN(c1ccc(OC)cc1)S(=O)(=O)c1ccc(C)c([N+](=O)[O-])c1. The fraction of sp³-hybridized carbons (Fsp3) is 0.355. The average molecular weight is 645 g/mol. The van der Waals surface area contributed by atoms with Crippen molar-refractivity contribution < 1.29 is 27.7 Å². The van der Waals surface area contributed by atoms with Crippen LogP contribution in [0.1, 0.15) is 38.3 Å². The number of anilines is 1. The van der Waals surface area contributed by atoms with Gasteiger partial charge in [-0.15, -0.1) is 0 Å². The highest BCUT2D eigenvalue weighted by molar-refractivity contribution is 7.92. The van der Waals surface area contributed by atoms with Gasteiger partial charge in [-0.1, -0.05) is 56.6 Å². The van der Waals surface area contributed by atoms with E-state index in [9.17, 15) is 28.1 Å². The molecule has 13 heteroatoms. The van der Waals surface area contributed by atoms with Gasteiger partial charge in [0, 0.05) is 29.7 Å². The molecule has 3 rings (SSSR count). The Kier molecular flexibility index (Phi) is 11.7. The van der Waals surface area contributed by atoms with E-state index in [1.807, 2.05) is 13.8 Å². The molecule has 0 aliphatic rings. The summed E-state index contributed by atoms with van der Waals surface area (Å²) < 4.78 is 34.3. The van der Waals surface area contributed by atoms with Gasteiger partial charge in [-0.3, -0.25) is 24.0 Å². The largest absolute Gasteiger partial charge is 0.497 e. The number of halogens is 1. The first-order chi connectivity index (χ1) is 20.8. The molecule has 44 heavy (non-hydrogen) atoms. The third kappa shape index (κ3) is 8.26. The van der Waals surface area contributed by atoms with Gasteiger partial charge in [0.2, 0.25) is 11.8 Å². The molecule has 3 aromatic rings. The molecule has 0 saturated carbocycles. The molecule has 0 spiro atoms. The highest BCUT2D eigenvalue weighted by Crippen LogP contribution is 2.30. The summed E-state index contributed by atoms with van der Waals surface area (Å²) in [6.45, 7) is 6.79. The first kappa shape index (κ1) is 34.3. The zero-order valence-electron chi connectivity index (χ0n) is 25.3. The highest BCUT2D eigenvalue weighted by Gasteiger charge is 2.34. The predicted molar refractivity (Wildman–Crippen MR) is 169 cm³/mol. The van der Waals surface area contributed by atoms with Gasteiger partial charge in [-0.05, 0) is 61.2 Å². The third-order valence-corrected chi connectivity index (χ3v) is 9.11. The number of rotatable bonds is 14. The lowest BCUT2D eigenvalue weighted by molar-refractivity contribution is -0.385. The van der Waals surface area contributed by atoms with Crippen molar-refractivity contribution in [1.29, 1.82) is 0 Å². The number of hydrogen-bond acceptors (Lipinski definition) is 7. The minimum Gasteiger partial charge on any atom is -0.497 e. The van der Waals surface area contributed by atoms with Crippen molar-refractivity contribution in [3.63, 3.8) is 0 Å². The summed E-state index contributed by atoms with van der Waals surface area (Å²) in [6, 6.07) is 15.5. The number of hydrogen-bond donors (Lipinski definition) is 1. The number of carbonyl (C=O) groups excluding carboxylic acids is 2. The molecule has 0 fully saturated rings. The number of nitrogens with zero attached hydrogens (tertiary/aromatic N) is 3. The predicted octanol–water partition coefficient (Wildman–Crippen LogP) is 5.34. The van der Waals surface area contributed by atoms with Crippen LogP contribution in [0.15, 0.2) is 71.6 Å². The Morgan fingerprint density at radius 1 is 1.07 bits per heavy atom. The standard InChI is InChI=1S/C31H37ClN4O7S/c1-6-28(31(38)33-18-21(2)3)34(19-23-9-7-8-10-27(23)32)30(37)20-35(24-12-14-25(43-5)15-13-24)44(41,42)26-16-11-22(4)29(17-26)36(39)40/h7-17,21,28H,6,18-20H2,1-5H3,(H,33,38)/t28-/m0/s1. The van der Waals surface area contributed by atoms with Crippen molar-refractivity contribution in [2.45, 2.75) is 51.6 Å². The van der Waals surface area contributed by atoms with Crippen molar-refractivity contribution in [2.24, 2.45) is 5.92 Å². The van der Waals surface area contributed by atoms with E-state index in [4.69, 9.17) is 16.3 Å².